The lowest BCUT2D eigenvalue weighted by Gasteiger charge is -2.11. The van der Waals surface area contributed by atoms with Gasteiger partial charge in [-0.2, -0.15) is 13.2 Å². The lowest BCUT2D eigenvalue weighted by Crippen LogP contribution is -2.12. The number of benzene rings is 1. The minimum absolute atomic E-state index is 0.154. The molecule has 1 rings (SSSR count). The van der Waals surface area contributed by atoms with E-state index in [0.29, 0.717) is 6.07 Å². The van der Waals surface area contributed by atoms with Gasteiger partial charge >= 0.3 is 6.18 Å². The third-order valence-electron chi connectivity index (χ3n) is 1.70. The molecular formula is C8H8F4N2. The van der Waals surface area contributed by atoms with E-state index in [1.807, 2.05) is 0 Å². The summed E-state index contributed by atoms with van der Waals surface area (Å²) >= 11 is 0. The SMILES string of the molecule is NCc1cc(N)cc(C(F)(F)F)c1F. The van der Waals surface area contributed by atoms with Gasteiger partial charge in [-0.25, -0.2) is 4.39 Å². The summed E-state index contributed by atoms with van der Waals surface area (Å²) in [6, 6.07) is 1.64. The van der Waals surface area contributed by atoms with Crippen molar-refractivity contribution in [2.45, 2.75) is 12.7 Å². The van der Waals surface area contributed by atoms with E-state index in [9.17, 15) is 17.6 Å². The maximum atomic E-state index is 13.1. The molecule has 0 bridgehead atoms. The van der Waals surface area contributed by atoms with Crippen molar-refractivity contribution in [1.82, 2.24) is 0 Å². The smallest absolute Gasteiger partial charge is 0.399 e. The second-order valence-electron chi connectivity index (χ2n) is 2.74. The molecule has 0 spiro atoms. The normalized spacial score (nSPS) is 11.8. The molecule has 6 heteroatoms. The van der Waals surface area contributed by atoms with Gasteiger partial charge in [-0.3, -0.25) is 0 Å². The summed E-state index contributed by atoms with van der Waals surface area (Å²) in [5.74, 6) is -1.35. The number of halogens is 4. The highest BCUT2D eigenvalue weighted by Crippen LogP contribution is 2.33. The zero-order chi connectivity index (χ0) is 10.9. The molecule has 1 aromatic rings. The molecule has 0 saturated carbocycles. The summed E-state index contributed by atoms with van der Waals surface area (Å²) in [6.45, 7) is -0.319. The lowest BCUT2D eigenvalue weighted by molar-refractivity contribution is -0.140. The number of hydrogen-bond acceptors (Lipinski definition) is 2. The van der Waals surface area contributed by atoms with Crippen molar-refractivity contribution in [3.05, 3.63) is 29.1 Å². The van der Waals surface area contributed by atoms with E-state index in [2.05, 4.69) is 0 Å². The second-order valence-corrected chi connectivity index (χ2v) is 2.74. The number of hydrogen-bond donors (Lipinski definition) is 2. The molecule has 0 fully saturated rings. The predicted octanol–water partition coefficient (Wildman–Crippen LogP) is 1.89. The van der Waals surface area contributed by atoms with Crippen molar-refractivity contribution in [3.63, 3.8) is 0 Å². The Balaban J connectivity index is 3.37. The average Bonchev–Trinajstić information content (AvgIpc) is 2.06. The Morgan fingerprint density at radius 1 is 1.21 bits per heavy atom. The molecule has 78 valence electrons. The minimum Gasteiger partial charge on any atom is -0.399 e. The molecule has 0 aliphatic heterocycles. The fraction of sp³-hybridized carbons (Fsp3) is 0.250. The number of nitrogens with two attached hydrogens (primary N) is 2. The molecular weight excluding hydrogens is 200 g/mol. The number of alkyl halides is 3. The van der Waals surface area contributed by atoms with Crippen molar-refractivity contribution < 1.29 is 17.6 Å². The van der Waals surface area contributed by atoms with E-state index in [1.165, 1.54) is 0 Å². The minimum atomic E-state index is -4.75. The van der Waals surface area contributed by atoms with Gasteiger partial charge in [0.05, 0.1) is 5.56 Å². The Bertz CT molecular complexity index is 346. The molecule has 2 nitrogen and oxygen atoms in total. The first kappa shape index (κ1) is 10.8. The molecule has 0 saturated heterocycles. The van der Waals surface area contributed by atoms with Crippen LogP contribution in [0.3, 0.4) is 0 Å². The van der Waals surface area contributed by atoms with E-state index in [0.717, 1.165) is 6.07 Å². The number of anilines is 1. The zero-order valence-corrected chi connectivity index (χ0v) is 7.03. The average molecular weight is 208 g/mol. The van der Waals surface area contributed by atoms with Crippen LogP contribution in [0.4, 0.5) is 23.2 Å². The Morgan fingerprint density at radius 2 is 1.79 bits per heavy atom. The quantitative estimate of drug-likeness (QED) is 0.547. The van der Waals surface area contributed by atoms with Gasteiger partial charge in [0.1, 0.15) is 5.82 Å². The van der Waals surface area contributed by atoms with Crippen molar-refractivity contribution in [2.75, 3.05) is 5.73 Å². The van der Waals surface area contributed by atoms with Crippen LogP contribution in [0.25, 0.3) is 0 Å². The first-order valence-corrected chi connectivity index (χ1v) is 3.71. The summed E-state index contributed by atoms with van der Waals surface area (Å²) < 4.78 is 49.7. The summed E-state index contributed by atoms with van der Waals surface area (Å²) in [7, 11) is 0. The molecule has 14 heavy (non-hydrogen) atoms. The molecule has 1 aromatic carbocycles. The highest BCUT2D eigenvalue weighted by atomic mass is 19.4. The van der Waals surface area contributed by atoms with Crippen LogP contribution in [-0.2, 0) is 12.7 Å². The van der Waals surface area contributed by atoms with Gasteiger partial charge in [0.15, 0.2) is 0 Å². The van der Waals surface area contributed by atoms with Gasteiger partial charge in [-0.05, 0) is 12.1 Å². The van der Waals surface area contributed by atoms with Crippen molar-refractivity contribution in [3.8, 4) is 0 Å². The topological polar surface area (TPSA) is 52.0 Å². The molecule has 0 unspecified atom stereocenters. The van der Waals surface area contributed by atoms with Crippen molar-refractivity contribution in [1.29, 1.82) is 0 Å². The van der Waals surface area contributed by atoms with Crippen LogP contribution in [0.2, 0.25) is 0 Å². The monoisotopic (exact) mass is 208 g/mol. The molecule has 0 aromatic heterocycles. The molecule has 0 aliphatic carbocycles. The van der Waals surface area contributed by atoms with Gasteiger partial charge in [-0.15, -0.1) is 0 Å². The van der Waals surface area contributed by atoms with E-state index in [-0.39, 0.29) is 17.8 Å². The molecule has 0 amide bonds. The van der Waals surface area contributed by atoms with Crippen LogP contribution < -0.4 is 11.5 Å². The Hall–Kier alpha value is -1.30. The predicted molar refractivity (Wildman–Crippen MR) is 43.7 cm³/mol. The fourth-order valence-electron chi connectivity index (χ4n) is 1.06. The lowest BCUT2D eigenvalue weighted by atomic mass is 10.1. The van der Waals surface area contributed by atoms with Crippen LogP contribution in [0, 0.1) is 5.82 Å². The van der Waals surface area contributed by atoms with Crippen molar-refractivity contribution >= 4 is 5.69 Å². The highest BCUT2D eigenvalue weighted by molar-refractivity contribution is 5.46. The van der Waals surface area contributed by atoms with Crippen molar-refractivity contribution in [2.24, 2.45) is 5.73 Å². The van der Waals surface area contributed by atoms with E-state index in [1.54, 1.807) is 0 Å². The summed E-state index contributed by atoms with van der Waals surface area (Å²) in [4.78, 5) is 0. The first-order valence-electron chi connectivity index (χ1n) is 3.71. The molecule has 0 atom stereocenters. The molecule has 0 heterocycles. The molecule has 4 N–H and O–H groups in total. The maximum absolute atomic E-state index is 13.1. The first-order chi connectivity index (χ1) is 6.36. The second kappa shape index (κ2) is 3.45. The van der Waals surface area contributed by atoms with Gasteiger partial charge in [0.25, 0.3) is 0 Å². The summed E-state index contributed by atoms with van der Waals surface area (Å²) in [6.07, 6.45) is -4.75. The number of rotatable bonds is 1. The Morgan fingerprint density at radius 3 is 2.21 bits per heavy atom. The molecule has 0 radical (unpaired) electrons. The van der Waals surface area contributed by atoms with Crippen LogP contribution in [0.5, 0.6) is 0 Å². The third-order valence-corrected chi connectivity index (χ3v) is 1.70. The third kappa shape index (κ3) is 1.95. The van der Waals surface area contributed by atoms with Gasteiger partial charge < -0.3 is 11.5 Å². The van der Waals surface area contributed by atoms with E-state index >= 15 is 0 Å². The largest absolute Gasteiger partial charge is 0.419 e. The van der Waals surface area contributed by atoms with Crippen LogP contribution in [0.1, 0.15) is 11.1 Å². The standard InChI is InChI=1S/C8H8F4N2/c9-7-4(3-13)1-5(14)2-6(7)8(10,11)12/h1-2H,3,13-14H2. The van der Waals surface area contributed by atoms with Gasteiger partial charge in [0, 0.05) is 17.8 Å². The van der Waals surface area contributed by atoms with Crippen LogP contribution >= 0.6 is 0 Å². The summed E-state index contributed by atoms with van der Waals surface area (Å²) in [5.41, 5.74) is 8.48. The molecule has 0 aliphatic rings. The van der Waals surface area contributed by atoms with Crippen LogP contribution in [-0.4, -0.2) is 0 Å². The summed E-state index contributed by atoms with van der Waals surface area (Å²) in [5, 5.41) is 0. The van der Waals surface area contributed by atoms with E-state index in [4.69, 9.17) is 11.5 Å². The fourth-order valence-corrected chi connectivity index (χ4v) is 1.06. The highest BCUT2D eigenvalue weighted by Gasteiger charge is 2.35. The van der Waals surface area contributed by atoms with Gasteiger partial charge in [0.2, 0.25) is 0 Å². The zero-order valence-electron chi connectivity index (χ0n) is 7.03. The van der Waals surface area contributed by atoms with Crippen LogP contribution in [0.15, 0.2) is 12.1 Å². The van der Waals surface area contributed by atoms with E-state index < -0.39 is 17.6 Å². The Kier molecular flexibility index (Phi) is 2.66. The Labute approximate surface area is 77.5 Å². The number of nitrogen functional groups attached to an aromatic ring is 1. The maximum Gasteiger partial charge on any atom is 0.419 e. The van der Waals surface area contributed by atoms with Gasteiger partial charge in [-0.1, -0.05) is 0 Å².